The van der Waals surface area contributed by atoms with E-state index in [9.17, 15) is 9.59 Å². The molecule has 2 amide bonds. The van der Waals surface area contributed by atoms with Gasteiger partial charge in [-0.1, -0.05) is 36.4 Å². The van der Waals surface area contributed by atoms with Gasteiger partial charge in [-0.3, -0.25) is 14.0 Å². The third kappa shape index (κ3) is 3.18. The highest BCUT2D eigenvalue weighted by molar-refractivity contribution is 6.04. The summed E-state index contributed by atoms with van der Waals surface area (Å²) >= 11 is 0. The quantitative estimate of drug-likeness (QED) is 0.571. The summed E-state index contributed by atoms with van der Waals surface area (Å²) in [6, 6.07) is 14.6. The maximum atomic E-state index is 12.8. The lowest BCUT2D eigenvalue weighted by atomic mass is 10.1. The minimum atomic E-state index is -0.716. The van der Waals surface area contributed by atoms with Crippen LogP contribution in [0.3, 0.4) is 0 Å². The van der Waals surface area contributed by atoms with E-state index in [2.05, 4.69) is 20.3 Å². The summed E-state index contributed by atoms with van der Waals surface area (Å²) < 4.78 is 1.64. The number of aromatic nitrogens is 4. The number of benzene rings is 1. The number of imidazole rings is 1. The number of anilines is 1. The molecule has 0 bridgehead atoms. The molecular weight excluding hydrogens is 356 g/mol. The third-order valence-electron chi connectivity index (χ3n) is 4.19. The van der Waals surface area contributed by atoms with Gasteiger partial charge in [0.2, 0.25) is 0 Å². The maximum Gasteiger partial charge on any atom is 0.275 e. The normalized spacial score (nSPS) is 10.8. The first-order valence-electron chi connectivity index (χ1n) is 8.50. The smallest absolute Gasteiger partial charge is 0.275 e. The van der Waals surface area contributed by atoms with E-state index >= 15 is 0 Å². The van der Waals surface area contributed by atoms with Gasteiger partial charge in [0.15, 0.2) is 11.3 Å². The van der Waals surface area contributed by atoms with Gasteiger partial charge in [0.25, 0.3) is 11.8 Å². The minimum absolute atomic E-state index is 0.000270. The summed E-state index contributed by atoms with van der Waals surface area (Å²) in [6.45, 7) is 1.91. The molecule has 4 rings (SSSR count). The number of nitrogens with one attached hydrogen (secondary N) is 1. The predicted octanol–water partition coefficient (Wildman–Crippen LogP) is 2.45. The van der Waals surface area contributed by atoms with Crippen molar-refractivity contribution >= 4 is 23.3 Å². The van der Waals surface area contributed by atoms with Crippen molar-refractivity contribution in [2.75, 3.05) is 5.32 Å². The fourth-order valence-corrected chi connectivity index (χ4v) is 2.81. The number of hydrogen-bond donors (Lipinski definition) is 2. The number of carbonyl (C=O) groups excluding carboxylic acids is 2. The molecule has 0 radical (unpaired) electrons. The van der Waals surface area contributed by atoms with Crippen LogP contribution in [0.5, 0.6) is 0 Å². The molecule has 0 saturated heterocycles. The topological polar surface area (TPSA) is 115 Å². The van der Waals surface area contributed by atoms with E-state index in [1.807, 2.05) is 43.3 Å². The van der Waals surface area contributed by atoms with Crippen LogP contribution in [0.4, 0.5) is 5.82 Å². The van der Waals surface area contributed by atoms with Crippen LogP contribution in [-0.4, -0.2) is 31.2 Å². The van der Waals surface area contributed by atoms with Gasteiger partial charge in [0.1, 0.15) is 17.8 Å². The van der Waals surface area contributed by atoms with Crippen molar-refractivity contribution in [2.24, 2.45) is 5.73 Å². The fraction of sp³-hybridized carbons (Fsp3) is 0.0500. The summed E-state index contributed by atoms with van der Waals surface area (Å²) in [5, 5.41) is 2.71. The van der Waals surface area contributed by atoms with Crippen molar-refractivity contribution in [3.05, 3.63) is 78.0 Å². The van der Waals surface area contributed by atoms with E-state index in [1.165, 1.54) is 6.33 Å². The molecular formula is C20H16N6O2. The summed E-state index contributed by atoms with van der Waals surface area (Å²) in [6.07, 6.45) is 3.12. The fourth-order valence-electron chi connectivity index (χ4n) is 2.81. The zero-order valence-corrected chi connectivity index (χ0v) is 15.0. The molecule has 0 spiro atoms. The largest absolute Gasteiger partial charge is 0.364 e. The Hall–Kier alpha value is -4.07. The van der Waals surface area contributed by atoms with Gasteiger partial charge in [-0.2, -0.15) is 0 Å². The molecule has 0 atom stereocenters. The van der Waals surface area contributed by atoms with Gasteiger partial charge < -0.3 is 11.1 Å². The van der Waals surface area contributed by atoms with Crippen molar-refractivity contribution in [3.63, 3.8) is 0 Å². The Morgan fingerprint density at radius 2 is 1.86 bits per heavy atom. The molecule has 3 heterocycles. The Morgan fingerprint density at radius 3 is 2.54 bits per heavy atom. The van der Waals surface area contributed by atoms with E-state index in [0.717, 1.165) is 11.1 Å². The molecule has 1 aromatic carbocycles. The van der Waals surface area contributed by atoms with E-state index < -0.39 is 11.8 Å². The molecule has 0 saturated carbocycles. The standard InChI is InChI=1S/C20H16N6O2/c1-12-7-8-16(22-10-12)25-20(28)14-9-15(13-5-3-2-4-6-13)26-11-23-17(18(21)27)19(26)24-14/h2-11H,1H3,(H2,21,27)(H,22,25,28). The van der Waals surface area contributed by atoms with Crippen LogP contribution in [-0.2, 0) is 0 Å². The lowest BCUT2D eigenvalue weighted by molar-refractivity contribution is 0.0993. The number of pyridine rings is 1. The molecule has 0 aliphatic rings. The van der Waals surface area contributed by atoms with Crippen molar-refractivity contribution in [1.82, 2.24) is 19.4 Å². The zero-order chi connectivity index (χ0) is 19.7. The van der Waals surface area contributed by atoms with Gasteiger partial charge in [0, 0.05) is 6.20 Å². The Balaban J connectivity index is 1.83. The molecule has 8 nitrogen and oxygen atoms in total. The summed E-state index contributed by atoms with van der Waals surface area (Å²) in [4.78, 5) is 37.0. The molecule has 3 N–H and O–H groups in total. The van der Waals surface area contributed by atoms with Crippen LogP contribution in [0.15, 0.2) is 61.1 Å². The average molecular weight is 372 g/mol. The van der Waals surface area contributed by atoms with E-state index in [-0.39, 0.29) is 17.0 Å². The molecule has 0 fully saturated rings. The first-order valence-corrected chi connectivity index (χ1v) is 8.50. The summed E-state index contributed by atoms with van der Waals surface area (Å²) in [7, 11) is 0. The minimum Gasteiger partial charge on any atom is -0.364 e. The van der Waals surface area contributed by atoms with Crippen LogP contribution < -0.4 is 11.1 Å². The number of nitrogens with two attached hydrogens (primary N) is 1. The lowest BCUT2D eigenvalue weighted by Crippen LogP contribution is -2.17. The first-order chi connectivity index (χ1) is 13.5. The second-order valence-corrected chi connectivity index (χ2v) is 6.22. The number of aryl methyl sites for hydroxylation is 1. The zero-order valence-electron chi connectivity index (χ0n) is 15.0. The number of rotatable bonds is 4. The number of hydrogen-bond acceptors (Lipinski definition) is 5. The highest BCUT2D eigenvalue weighted by Crippen LogP contribution is 2.23. The van der Waals surface area contributed by atoms with Gasteiger partial charge in [-0.05, 0) is 30.2 Å². The van der Waals surface area contributed by atoms with Crippen molar-refractivity contribution in [1.29, 1.82) is 0 Å². The number of primary amides is 1. The van der Waals surface area contributed by atoms with Gasteiger partial charge in [-0.25, -0.2) is 15.0 Å². The second kappa shape index (κ2) is 6.92. The molecule has 138 valence electrons. The molecule has 0 unspecified atom stereocenters. The molecule has 28 heavy (non-hydrogen) atoms. The Morgan fingerprint density at radius 1 is 1.07 bits per heavy atom. The molecule has 0 aliphatic heterocycles. The predicted molar refractivity (Wildman–Crippen MR) is 104 cm³/mol. The van der Waals surface area contributed by atoms with Crippen molar-refractivity contribution in [2.45, 2.75) is 6.92 Å². The molecule has 4 aromatic rings. The molecule has 8 heteroatoms. The van der Waals surface area contributed by atoms with Crippen LogP contribution in [0, 0.1) is 6.92 Å². The lowest BCUT2D eigenvalue weighted by Gasteiger charge is -2.10. The van der Waals surface area contributed by atoms with Crippen molar-refractivity contribution < 1.29 is 9.59 Å². The van der Waals surface area contributed by atoms with Crippen LogP contribution in [0.2, 0.25) is 0 Å². The maximum absolute atomic E-state index is 12.8. The SMILES string of the molecule is Cc1ccc(NC(=O)c2cc(-c3ccccc3)n3cnc(C(N)=O)c3n2)nc1. The number of nitrogens with zero attached hydrogens (tertiary/aromatic N) is 4. The van der Waals surface area contributed by atoms with Crippen LogP contribution >= 0.6 is 0 Å². The Kier molecular flexibility index (Phi) is 4.29. The summed E-state index contributed by atoms with van der Waals surface area (Å²) in [5.74, 6) is -0.762. The van der Waals surface area contributed by atoms with Crippen LogP contribution in [0.1, 0.15) is 26.5 Å². The highest BCUT2D eigenvalue weighted by atomic mass is 16.2. The summed E-state index contributed by atoms with van der Waals surface area (Å²) in [5.41, 5.74) is 8.23. The van der Waals surface area contributed by atoms with E-state index in [4.69, 9.17) is 5.73 Å². The number of amides is 2. The second-order valence-electron chi connectivity index (χ2n) is 6.22. The van der Waals surface area contributed by atoms with E-state index in [1.54, 1.807) is 22.7 Å². The van der Waals surface area contributed by atoms with Gasteiger partial charge in [-0.15, -0.1) is 0 Å². The van der Waals surface area contributed by atoms with Crippen LogP contribution in [0.25, 0.3) is 16.9 Å². The third-order valence-corrected chi connectivity index (χ3v) is 4.19. The number of fused-ring (bicyclic) bond motifs is 1. The van der Waals surface area contributed by atoms with Gasteiger partial charge >= 0.3 is 0 Å². The Bertz CT molecular complexity index is 1180. The Labute approximate surface area is 160 Å². The first kappa shape index (κ1) is 17.3. The van der Waals surface area contributed by atoms with Gasteiger partial charge in [0.05, 0.1) is 5.69 Å². The molecule has 0 aliphatic carbocycles. The van der Waals surface area contributed by atoms with Crippen molar-refractivity contribution in [3.8, 4) is 11.3 Å². The van der Waals surface area contributed by atoms with E-state index in [0.29, 0.717) is 11.5 Å². The average Bonchev–Trinajstić information content (AvgIpc) is 3.14. The number of carbonyl (C=O) groups is 2. The monoisotopic (exact) mass is 372 g/mol. The molecule has 3 aromatic heterocycles. The highest BCUT2D eigenvalue weighted by Gasteiger charge is 2.19.